The zero-order valence-electron chi connectivity index (χ0n) is 9.47. The summed E-state index contributed by atoms with van der Waals surface area (Å²) in [5.41, 5.74) is 2.38. The minimum absolute atomic E-state index is 0.0510. The standard InChI is InChI=1S/C15H11NO/c1-12(17)15-6-2-4-13(10-15)7-8-14-5-3-9-16-11-14/h2-6,9-11H,1H3. The molecule has 0 aliphatic rings. The van der Waals surface area contributed by atoms with E-state index in [0.29, 0.717) is 5.56 Å². The molecule has 1 aromatic carbocycles. The van der Waals surface area contributed by atoms with Crippen LogP contribution in [-0.2, 0) is 0 Å². The summed E-state index contributed by atoms with van der Waals surface area (Å²) in [6.07, 6.45) is 3.42. The first-order valence-electron chi connectivity index (χ1n) is 5.29. The molecule has 0 radical (unpaired) electrons. The molecule has 0 saturated heterocycles. The molecule has 0 unspecified atom stereocenters. The molecule has 17 heavy (non-hydrogen) atoms. The van der Waals surface area contributed by atoms with E-state index in [1.165, 1.54) is 0 Å². The lowest BCUT2D eigenvalue weighted by atomic mass is 10.1. The fraction of sp³-hybridized carbons (Fsp3) is 0.0667. The smallest absolute Gasteiger partial charge is 0.159 e. The van der Waals surface area contributed by atoms with Crippen molar-refractivity contribution < 1.29 is 4.79 Å². The second-order valence-electron chi connectivity index (χ2n) is 3.63. The predicted molar refractivity (Wildman–Crippen MR) is 66.7 cm³/mol. The van der Waals surface area contributed by atoms with Gasteiger partial charge in [-0.25, -0.2) is 0 Å². The zero-order valence-corrected chi connectivity index (χ0v) is 9.47. The van der Waals surface area contributed by atoms with Crippen LogP contribution in [0, 0.1) is 11.8 Å². The Kier molecular flexibility index (Phi) is 3.32. The van der Waals surface area contributed by atoms with Crippen molar-refractivity contribution in [3.05, 3.63) is 65.5 Å². The Morgan fingerprint density at radius 2 is 1.88 bits per heavy atom. The fourth-order valence-electron chi connectivity index (χ4n) is 1.40. The van der Waals surface area contributed by atoms with Crippen LogP contribution in [0.1, 0.15) is 28.4 Å². The lowest BCUT2D eigenvalue weighted by molar-refractivity contribution is 0.101. The maximum atomic E-state index is 11.2. The van der Waals surface area contributed by atoms with E-state index in [-0.39, 0.29) is 5.78 Å². The molecule has 0 fully saturated rings. The molecule has 0 aliphatic carbocycles. The summed E-state index contributed by atoms with van der Waals surface area (Å²) >= 11 is 0. The number of carbonyl (C=O) groups is 1. The second-order valence-corrected chi connectivity index (χ2v) is 3.63. The average Bonchev–Trinajstić information content (AvgIpc) is 2.38. The molecule has 2 heteroatoms. The molecule has 0 spiro atoms. The summed E-state index contributed by atoms with van der Waals surface area (Å²) in [4.78, 5) is 15.2. The van der Waals surface area contributed by atoms with Crippen LogP contribution in [0.3, 0.4) is 0 Å². The van der Waals surface area contributed by atoms with Gasteiger partial charge in [-0.2, -0.15) is 0 Å². The summed E-state index contributed by atoms with van der Waals surface area (Å²) in [5.74, 6) is 6.07. The highest BCUT2D eigenvalue weighted by molar-refractivity contribution is 5.94. The van der Waals surface area contributed by atoms with Crippen molar-refractivity contribution in [2.45, 2.75) is 6.92 Å². The van der Waals surface area contributed by atoms with E-state index in [9.17, 15) is 4.79 Å². The third-order valence-electron chi connectivity index (χ3n) is 2.28. The Bertz CT molecular complexity index is 591. The van der Waals surface area contributed by atoms with Crippen molar-refractivity contribution >= 4 is 5.78 Å². The van der Waals surface area contributed by atoms with Crippen LogP contribution in [-0.4, -0.2) is 10.8 Å². The molecular weight excluding hydrogens is 210 g/mol. The number of Topliss-reactive ketones (excluding diaryl/α,β-unsaturated/α-hetero) is 1. The summed E-state index contributed by atoms with van der Waals surface area (Å²) in [7, 11) is 0. The van der Waals surface area contributed by atoms with Crippen LogP contribution in [0.25, 0.3) is 0 Å². The molecule has 2 nitrogen and oxygen atoms in total. The highest BCUT2D eigenvalue weighted by Crippen LogP contribution is 2.05. The van der Waals surface area contributed by atoms with Crippen molar-refractivity contribution in [1.29, 1.82) is 0 Å². The third-order valence-corrected chi connectivity index (χ3v) is 2.28. The summed E-state index contributed by atoms with van der Waals surface area (Å²) in [6, 6.07) is 11.0. The number of nitrogens with zero attached hydrogens (tertiary/aromatic N) is 1. The van der Waals surface area contributed by atoms with Gasteiger partial charge in [0.1, 0.15) is 0 Å². The first-order valence-corrected chi connectivity index (χ1v) is 5.29. The lowest BCUT2D eigenvalue weighted by Crippen LogP contribution is -1.91. The van der Waals surface area contributed by atoms with Gasteiger partial charge >= 0.3 is 0 Å². The largest absolute Gasteiger partial charge is 0.295 e. The van der Waals surface area contributed by atoms with Crippen LogP contribution >= 0.6 is 0 Å². The van der Waals surface area contributed by atoms with Crippen molar-refractivity contribution in [1.82, 2.24) is 4.98 Å². The third kappa shape index (κ3) is 3.02. The number of carbonyl (C=O) groups excluding carboxylic acids is 1. The Labute approximate surface area is 100 Å². The van der Waals surface area contributed by atoms with E-state index in [1.54, 1.807) is 31.5 Å². The first kappa shape index (κ1) is 11.1. The van der Waals surface area contributed by atoms with Gasteiger partial charge in [-0.15, -0.1) is 0 Å². The van der Waals surface area contributed by atoms with E-state index in [0.717, 1.165) is 11.1 Å². The van der Waals surface area contributed by atoms with E-state index >= 15 is 0 Å². The van der Waals surface area contributed by atoms with Gasteiger partial charge in [0.15, 0.2) is 5.78 Å². The summed E-state index contributed by atoms with van der Waals surface area (Å²) in [6.45, 7) is 1.55. The van der Waals surface area contributed by atoms with Crippen LogP contribution in [0.4, 0.5) is 0 Å². The number of hydrogen-bond acceptors (Lipinski definition) is 2. The maximum absolute atomic E-state index is 11.2. The Morgan fingerprint density at radius 3 is 2.59 bits per heavy atom. The monoisotopic (exact) mass is 221 g/mol. The number of hydrogen-bond donors (Lipinski definition) is 0. The zero-order chi connectivity index (χ0) is 12.1. The topological polar surface area (TPSA) is 30.0 Å². The fourth-order valence-corrected chi connectivity index (χ4v) is 1.40. The highest BCUT2D eigenvalue weighted by Gasteiger charge is 1.97. The molecule has 0 aliphatic heterocycles. The van der Waals surface area contributed by atoms with E-state index in [1.807, 2.05) is 24.3 Å². The van der Waals surface area contributed by atoms with Gasteiger partial charge in [0.05, 0.1) is 0 Å². The molecule has 2 aromatic rings. The van der Waals surface area contributed by atoms with Gasteiger partial charge < -0.3 is 0 Å². The predicted octanol–water partition coefficient (Wildman–Crippen LogP) is 2.68. The Morgan fingerprint density at radius 1 is 1.12 bits per heavy atom. The molecular formula is C15H11NO. The minimum atomic E-state index is 0.0510. The molecule has 0 amide bonds. The second kappa shape index (κ2) is 5.09. The SMILES string of the molecule is CC(=O)c1cccc(C#Cc2cccnc2)c1. The van der Waals surface area contributed by atoms with Crippen molar-refractivity contribution in [3.8, 4) is 11.8 Å². The summed E-state index contributed by atoms with van der Waals surface area (Å²) in [5, 5.41) is 0. The van der Waals surface area contributed by atoms with Gasteiger partial charge in [0.2, 0.25) is 0 Å². The number of ketones is 1. The molecule has 1 heterocycles. The van der Waals surface area contributed by atoms with Crippen LogP contribution in [0.15, 0.2) is 48.8 Å². The maximum Gasteiger partial charge on any atom is 0.159 e. The van der Waals surface area contributed by atoms with Crippen molar-refractivity contribution in [2.75, 3.05) is 0 Å². The van der Waals surface area contributed by atoms with Crippen molar-refractivity contribution in [3.63, 3.8) is 0 Å². The number of pyridine rings is 1. The van der Waals surface area contributed by atoms with Gasteiger partial charge in [-0.3, -0.25) is 9.78 Å². The number of benzene rings is 1. The van der Waals surface area contributed by atoms with Crippen LogP contribution < -0.4 is 0 Å². The molecule has 0 bridgehead atoms. The Balaban J connectivity index is 2.28. The van der Waals surface area contributed by atoms with Gasteiger partial charge in [-0.05, 0) is 31.2 Å². The van der Waals surface area contributed by atoms with Gasteiger partial charge in [0, 0.05) is 29.1 Å². The first-order chi connectivity index (χ1) is 8.25. The van der Waals surface area contributed by atoms with Gasteiger partial charge in [0.25, 0.3) is 0 Å². The average molecular weight is 221 g/mol. The highest BCUT2D eigenvalue weighted by atomic mass is 16.1. The molecule has 0 saturated carbocycles. The quantitative estimate of drug-likeness (QED) is 0.547. The lowest BCUT2D eigenvalue weighted by Gasteiger charge is -1.95. The Hall–Kier alpha value is -2.40. The van der Waals surface area contributed by atoms with E-state index in [4.69, 9.17) is 0 Å². The van der Waals surface area contributed by atoms with E-state index < -0.39 is 0 Å². The molecule has 0 N–H and O–H groups in total. The molecule has 0 atom stereocenters. The van der Waals surface area contributed by atoms with E-state index in [2.05, 4.69) is 16.8 Å². The number of aromatic nitrogens is 1. The van der Waals surface area contributed by atoms with Crippen LogP contribution in [0.5, 0.6) is 0 Å². The normalized spacial score (nSPS) is 9.24. The summed E-state index contributed by atoms with van der Waals surface area (Å²) < 4.78 is 0. The molecule has 1 aromatic heterocycles. The minimum Gasteiger partial charge on any atom is -0.295 e. The van der Waals surface area contributed by atoms with Crippen molar-refractivity contribution in [2.24, 2.45) is 0 Å². The number of rotatable bonds is 1. The molecule has 82 valence electrons. The van der Waals surface area contributed by atoms with Crippen LogP contribution in [0.2, 0.25) is 0 Å². The molecule has 2 rings (SSSR count). The van der Waals surface area contributed by atoms with Gasteiger partial charge in [-0.1, -0.05) is 24.0 Å².